The van der Waals surface area contributed by atoms with E-state index >= 15 is 0 Å². The minimum absolute atomic E-state index is 0.139. The summed E-state index contributed by atoms with van der Waals surface area (Å²) in [5.74, 6) is 0.384. The van der Waals surface area contributed by atoms with Crippen LogP contribution in [0.3, 0.4) is 0 Å². The van der Waals surface area contributed by atoms with Gasteiger partial charge < -0.3 is 16.0 Å². The molecule has 4 N–H and O–H groups in total. The van der Waals surface area contributed by atoms with Crippen LogP contribution < -0.4 is 16.6 Å². The van der Waals surface area contributed by atoms with E-state index in [0.717, 1.165) is 25.7 Å². The summed E-state index contributed by atoms with van der Waals surface area (Å²) in [6.45, 7) is 0.545. The second-order valence-electron chi connectivity index (χ2n) is 4.44. The van der Waals surface area contributed by atoms with Crippen LogP contribution in [-0.4, -0.2) is 22.1 Å². The maximum Gasteiger partial charge on any atom is 0.290 e. The molecule has 0 bridgehead atoms. The first-order chi connectivity index (χ1) is 7.76. The van der Waals surface area contributed by atoms with Crippen molar-refractivity contribution in [3.05, 3.63) is 22.7 Å². The van der Waals surface area contributed by atoms with Gasteiger partial charge in [0.15, 0.2) is 5.82 Å². The van der Waals surface area contributed by atoms with E-state index < -0.39 is 0 Å². The minimum atomic E-state index is -0.180. The van der Waals surface area contributed by atoms with Crippen molar-refractivity contribution in [1.29, 1.82) is 0 Å². The monoisotopic (exact) mass is 222 g/mol. The van der Waals surface area contributed by atoms with E-state index in [9.17, 15) is 4.79 Å². The molecule has 1 aliphatic carbocycles. The summed E-state index contributed by atoms with van der Waals surface area (Å²) >= 11 is 0. The summed E-state index contributed by atoms with van der Waals surface area (Å²) in [4.78, 5) is 18.2. The van der Waals surface area contributed by atoms with Gasteiger partial charge >= 0.3 is 0 Å². The van der Waals surface area contributed by atoms with E-state index in [-0.39, 0.29) is 11.1 Å². The third kappa shape index (κ3) is 2.24. The Hall–Kier alpha value is -1.36. The number of nitrogens with one attached hydrogen (secondary N) is 2. The lowest BCUT2D eigenvalue weighted by molar-refractivity contribution is 0.330. The normalized spacial score (nSPS) is 19.3. The van der Waals surface area contributed by atoms with Crippen molar-refractivity contribution in [3.63, 3.8) is 0 Å². The highest BCUT2D eigenvalue weighted by atomic mass is 16.1. The Bertz CT molecular complexity index is 395. The molecule has 88 valence electrons. The predicted molar refractivity (Wildman–Crippen MR) is 63.4 cm³/mol. The quantitative estimate of drug-likeness (QED) is 0.707. The van der Waals surface area contributed by atoms with Crippen molar-refractivity contribution in [3.8, 4) is 0 Å². The number of aromatic amines is 1. The van der Waals surface area contributed by atoms with Crippen LogP contribution in [0.25, 0.3) is 0 Å². The van der Waals surface area contributed by atoms with Crippen molar-refractivity contribution >= 4 is 5.82 Å². The van der Waals surface area contributed by atoms with Gasteiger partial charge in [-0.3, -0.25) is 4.79 Å². The summed E-state index contributed by atoms with van der Waals surface area (Å²) in [6, 6.07) is 0. The van der Waals surface area contributed by atoms with Crippen molar-refractivity contribution in [2.24, 2.45) is 5.73 Å². The number of aromatic nitrogens is 2. The molecule has 1 saturated carbocycles. The lowest BCUT2D eigenvalue weighted by Gasteiger charge is -2.37. The first-order valence-corrected chi connectivity index (χ1v) is 5.78. The molecular weight excluding hydrogens is 204 g/mol. The highest BCUT2D eigenvalue weighted by Gasteiger charge is 2.31. The lowest BCUT2D eigenvalue weighted by atomic mass is 9.82. The Morgan fingerprint density at radius 1 is 1.44 bits per heavy atom. The molecule has 2 rings (SSSR count). The summed E-state index contributed by atoms with van der Waals surface area (Å²) in [6.07, 6.45) is 8.71. The molecule has 1 fully saturated rings. The van der Waals surface area contributed by atoms with Gasteiger partial charge in [0.05, 0.1) is 5.54 Å². The van der Waals surface area contributed by atoms with Crippen LogP contribution in [0.1, 0.15) is 32.1 Å². The number of nitrogens with two attached hydrogens (primary N) is 1. The van der Waals surface area contributed by atoms with Crippen molar-refractivity contribution < 1.29 is 0 Å². The van der Waals surface area contributed by atoms with Crippen LogP contribution in [0.2, 0.25) is 0 Å². The number of H-pyrrole nitrogens is 1. The van der Waals surface area contributed by atoms with E-state index in [1.54, 1.807) is 6.20 Å². The van der Waals surface area contributed by atoms with Crippen LogP contribution in [0.15, 0.2) is 17.2 Å². The molecule has 5 nitrogen and oxygen atoms in total. The summed E-state index contributed by atoms with van der Waals surface area (Å²) in [5.41, 5.74) is 5.51. The first-order valence-electron chi connectivity index (χ1n) is 5.78. The third-order valence-corrected chi connectivity index (χ3v) is 3.29. The number of anilines is 1. The second-order valence-corrected chi connectivity index (χ2v) is 4.44. The smallest absolute Gasteiger partial charge is 0.290 e. The average Bonchev–Trinajstić information content (AvgIpc) is 2.33. The van der Waals surface area contributed by atoms with Gasteiger partial charge in [0, 0.05) is 18.9 Å². The fourth-order valence-corrected chi connectivity index (χ4v) is 2.30. The molecule has 16 heavy (non-hydrogen) atoms. The fraction of sp³-hybridized carbons (Fsp3) is 0.636. The molecule has 0 unspecified atom stereocenters. The molecular formula is C11H18N4O. The number of nitrogens with zero attached hydrogens (tertiary/aromatic N) is 1. The van der Waals surface area contributed by atoms with Gasteiger partial charge in [-0.1, -0.05) is 19.3 Å². The van der Waals surface area contributed by atoms with E-state index in [1.807, 2.05) is 0 Å². The molecule has 1 heterocycles. The summed E-state index contributed by atoms with van der Waals surface area (Å²) < 4.78 is 0. The zero-order valence-electron chi connectivity index (χ0n) is 9.33. The maximum absolute atomic E-state index is 11.5. The van der Waals surface area contributed by atoms with E-state index in [4.69, 9.17) is 5.73 Å². The molecule has 0 radical (unpaired) electrons. The molecule has 1 aromatic heterocycles. The molecule has 1 aromatic rings. The first kappa shape index (κ1) is 11.1. The predicted octanol–water partition coefficient (Wildman–Crippen LogP) is 0.843. The minimum Gasteiger partial charge on any atom is -0.359 e. The second kappa shape index (κ2) is 4.65. The Morgan fingerprint density at radius 2 is 2.19 bits per heavy atom. The van der Waals surface area contributed by atoms with Gasteiger partial charge in [-0.2, -0.15) is 0 Å². The van der Waals surface area contributed by atoms with Gasteiger partial charge in [-0.05, 0) is 12.8 Å². The molecule has 0 atom stereocenters. The molecule has 0 spiro atoms. The van der Waals surface area contributed by atoms with Crippen LogP contribution >= 0.6 is 0 Å². The van der Waals surface area contributed by atoms with E-state index in [1.165, 1.54) is 12.6 Å². The highest BCUT2D eigenvalue weighted by Crippen LogP contribution is 2.29. The topological polar surface area (TPSA) is 83.8 Å². The number of hydrogen-bond donors (Lipinski definition) is 3. The molecule has 0 aliphatic heterocycles. The lowest BCUT2D eigenvalue weighted by Crippen LogP contribution is -2.48. The van der Waals surface area contributed by atoms with E-state index in [0.29, 0.717) is 12.4 Å². The molecule has 0 aromatic carbocycles. The Labute approximate surface area is 94.5 Å². The zero-order chi connectivity index (χ0) is 11.4. The highest BCUT2D eigenvalue weighted by molar-refractivity contribution is 5.35. The van der Waals surface area contributed by atoms with Crippen molar-refractivity contribution in [2.75, 3.05) is 11.9 Å². The Balaban J connectivity index is 2.18. The number of hydrogen-bond acceptors (Lipinski definition) is 4. The van der Waals surface area contributed by atoms with Gasteiger partial charge in [0.25, 0.3) is 5.56 Å². The van der Waals surface area contributed by atoms with Crippen LogP contribution in [0, 0.1) is 0 Å². The van der Waals surface area contributed by atoms with Gasteiger partial charge in [-0.25, -0.2) is 4.98 Å². The summed E-state index contributed by atoms with van der Waals surface area (Å²) in [5, 5.41) is 3.23. The maximum atomic E-state index is 11.5. The van der Waals surface area contributed by atoms with E-state index in [2.05, 4.69) is 15.3 Å². The van der Waals surface area contributed by atoms with Crippen molar-refractivity contribution in [1.82, 2.24) is 9.97 Å². The van der Waals surface area contributed by atoms with Gasteiger partial charge in [0.2, 0.25) is 0 Å². The fourth-order valence-electron chi connectivity index (χ4n) is 2.30. The molecule has 0 saturated heterocycles. The largest absolute Gasteiger partial charge is 0.359 e. The molecule has 5 heteroatoms. The third-order valence-electron chi connectivity index (χ3n) is 3.29. The van der Waals surface area contributed by atoms with Crippen LogP contribution in [-0.2, 0) is 0 Å². The zero-order valence-corrected chi connectivity index (χ0v) is 9.33. The summed E-state index contributed by atoms with van der Waals surface area (Å²) in [7, 11) is 0. The Morgan fingerprint density at radius 3 is 2.81 bits per heavy atom. The Kier molecular flexibility index (Phi) is 3.24. The standard InChI is InChI=1S/C11H18N4O/c12-8-11(4-2-1-3-5-11)15-9-10(16)14-7-6-13-9/h6-7H,1-5,8,12H2,(H,13,15)(H,14,16). The van der Waals surface area contributed by atoms with Gasteiger partial charge in [0.1, 0.15) is 0 Å². The molecule has 0 amide bonds. The van der Waals surface area contributed by atoms with Gasteiger partial charge in [-0.15, -0.1) is 0 Å². The number of rotatable bonds is 3. The van der Waals surface area contributed by atoms with Crippen LogP contribution in [0.5, 0.6) is 0 Å². The average molecular weight is 222 g/mol. The van der Waals surface area contributed by atoms with Crippen LogP contribution in [0.4, 0.5) is 5.82 Å². The molecule has 1 aliphatic rings. The van der Waals surface area contributed by atoms with Crippen molar-refractivity contribution in [2.45, 2.75) is 37.6 Å². The SMILES string of the molecule is NCC1(Nc2ncc[nH]c2=O)CCCCC1.